The Morgan fingerprint density at radius 1 is 1.06 bits per heavy atom. The third-order valence-corrected chi connectivity index (χ3v) is 3.08. The molecule has 18 heavy (non-hydrogen) atoms. The Bertz CT molecular complexity index is 534. The van der Waals surface area contributed by atoms with E-state index >= 15 is 0 Å². The van der Waals surface area contributed by atoms with Gasteiger partial charge in [-0.25, -0.2) is 0 Å². The van der Waals surface area contributed by atoms with Crippen LogP contribution in [0.4, 0.5) is 0 Å². The number of hydrogen-bond donors (Lipinski definition) is 1. The fourth-order valence-electron chi connectivity index (χ4n) is 2.01. The number of carbonyl (C=O) groups excluding carboxylic acids is 1. The molecule has 0 radical (unpaired) electrons. The third-order valence-electron chi connectivity index (χ3n) is 3.08. The number of ketones is 1. The molecule has 0 aliphatic heterocycles. The highest BCUT2D eigenvalue weighted by atomic mass is 16.1. The van der Waals surface area contributed by atoms with E-state index in [9.17, 15) is 4.79 Å². The quantitative estimate of drug-likeness (QED) is 0.832. The van der Waals surface area contributed by atoms with E-state index in [0.717, 1.165) is 16.7 Å². The summed E-state index contributed by atoms with van der Waals surface area (Å²) in [5, 5.41) is 0. The second-order valence-electron chi connectivity index (χ2n) is 4.46. The summed E-state index contributed by atoms with van der Waals surface area (Å²) in [5.41, 5.74) is 8.83. The van der Waals surface area contributed by atoms with E-state index in [1.54, 1.807) is 0 Å². The molecule has 2 N–H and O–H groups in total. The van der Waals surface area contributed by atoms with Crippen LogP contribution in [0.1, 0.15) is 33.9 Å². The van der Waals surface area contributed by atoms with Gasteiger partial charge in [0.05, 0.1) is 0 Å². The van der Waals surface area contributed by atoms with Crippen molar-refractivity contribution in [3.63, 3.8) is 0 Å². The minimum atomic E-state index is -0.238. The van der Waals surface area contributed by atoms with E-state index < -0.39 is 0 Å². The van der Waals surface area contributed by atoms with Gasteiger partial charge in [0.15, 0.2) is 5.78 Å². The number of Topliss-reactive ketones (excluding diaryl/α,β-unsaturated/α-hetero) is 1. The van der Waals surface area contributed by atoms with E-state index in [1.807, 2.05) is 61.5 Å². The molecule has 1 unspecified atom stereocenters. The van der Waals surface area contributed by atoms with Crippen molar-refractivity contribution < 1.29 is 4.79 Å². The minimum absolute atomic E-state index is 0.101. The van der Waals surface area contributed by atoms with Crippen LogP contribution in [0.25, 0.3) is 0 Å². The van der Waals surface area contributed by atoms with Gasteiger partial charge in [-0.05, 0) is 18.1 Å². The first-order valence-electron chi connectivity index (χ1n) is 6.08. The van der Waals surface area contributed by atoms with E-state index in [0.29, 0.717) is 6.42 Å². The van der Waals surface area contributed by atoms with Crippen molar-refractivity contribution in [2.45, 2.75) is 19.4 Å². The Kier molecular flexibility index (Phi) is 3.90. The van der Waals surface area contributed by atoms with Gasteiger partial charge in [0.2, 0.25) is 0 Å². The zero-order valence-electron chi connectivity index (χ0n) is 10.5. The normalized spacial score (nSPS) is 12.1. The molecule has 2 rings (SSSR count). The van der Waals surface area contributed by atoms with Gasteiger partial charge in [-0.15, -0.1) is 0 Å². The maximum atomic E-state index is 12.2. The Labute approximate surface area is 107 Å². The highest BCUT2D eigenvalue weighted by Gasteiger charge is 2.14. The molecule has 0 spiro atoms. The van der Waals surface area contributed by atoms with Gasteiger partial charge in [0, 0.05) is 18.0 Å². The lowest BCUT2D eigenvalue weighted by Crippen LogP contribution is -2.16. The van der Waals surface area contributed by atoms with Crippen LogP contribution in [0, 0.1) is 6.92 Å². The average molecular weight is 239 g/mol. The van der Waals surface area contributed by atoms with Crippen LogP contribution in [-0.4, -0.2) is 5.78 Å². The standard InChI is InChI=1S/C16H17NO/c1-12-7-5-6-10-14(12)16(18)11-15(17)13-8-3-2-4-9-13/h2-10,15H,11,17H2,1H3. The second-order valence-corrected chi connectivity index (χ2v) is 4.46. The van der Waals surface area contributed by atoms with E-state index in [2.05, 4.69) is 0 Å². The van der Waals surface area contributed by atoms with Gasteiger partial charge in [0.25, 0.3) is 0 Å². The zero-order chi connectivity index (χ0) is 13.0. The second kappa shape index (κ2) is 5.61. The lowest BCUT2D eigenvalue weighted by Gasteiger charge is -2.12. The van der Waals surface area contributed by atoms with Crippen molar-refractivity contribution in [2.24, 2.45) is 5.73 Å². The van der Waals surface area contributed by atoms with Crippen molar-refractivity contribution in [2.75, 3.05) is 0 Å². The molecule has 0 saturated carbocycles. The third kappa shape index (κ3) is 2.84. The van der Waals surface area contributed by atoms with Crippen molar-refractivity contribution in [1.82, 2.24) is 0 Å². The first-order valence-corrected chi connectivity index (χ1v) is 6.08. The molecule has 0 aliphatic rings. The van der Waals surface area contributed by atoms with Gasteiger partial charge in [0.1, 0.15) is 0 Å². The number of hydrogen-bond acceptors (Lipinski definition) is 2. The number of nitrogens with two attached hydrogens (primary N) is 1. The first kappa shape index (κ1) is 12.5. The molecule has 0 saturated heterocycles. The van der Waals surface area contributed by atoms with Gasteiger partial charge >= 0.3 is 0 Å². The van der Waals surface area contributed by atoms with E-state index in [4.69, 9.17) is 5.73 Å². The summed E-state index contributed by atoms with van der Waals surface area (Å²) in [6.45, 7) is 1.95. The molecule has 0 amide bonds. The summed E-state index contributed by atoms with van der Waals surface area (Å²) >= 11 is 0. The van der Waals surface area contributed by atoms with Crippen LogP contribution < -0.4 is 5.73 Å². The summed E-state index contributed by atoms with van der Waals surface area (Å²) in [7, 11) is 0. The summed E-state index contributed by atoms with van der Waals surface area (Å²) in [4.78, 5) is 12.2. The molecule has 0 aromatic heterocycles. The van der Waals surface area contributed by atoms with Crippen LogP contribution in [0.5, 0.6) is 0 Å². The van der Waals surface area contributed by atoms with E-state index in [-0.39, 0.29) is 11.8 Å². The first-order chi connectivity index (χ1) is 8.68. The molecule has 0 heterocycles. The Hall–Kier alpha value is -1.93. The Balaban J connectivity index is 2.11. The molecule has 0 bridgehead atoms. The predicted molar refractivity (Wildman–Crippen MR) is 73.5 cm³/mol. The molecular weight excluding hydrogens is 222 g/mol. The molecular formula is C16H17NO. The van der Waals surface area contributed by atoms with Gasteiger partial charge < -0.3 is 5.73 Å². The zero-order valence-corrected chi connectivity index (χ0v) is 10.5. The molecule has 2 aromatic carbocycles. The maximum absolute atomic E-state index is 12.2. The molecule has 2 nitrogen and oxygen atoms in total. The topological polar surface area (TPSA) is 43.1 Å². The SMILES string of the molecule is Cc1ccccc1C(=O)CC(N)c1ccccc1. The van der Waals surface area contributed by atoms with Gasteiger partial charge in [-0.1, -0.05) is 54.6 Å². The predicted octanol–water partition coefficient (Wildman–Crippen LogP) is 3.27. The molecule has 2 aromatic rings. The van der Waals surface area contributed by atoms with Crippen molar-refractivity contribution in [1.29, 1.82) is 0 Å². The highest BCUT2D eigenvalue weighted by molar-refractivity contribution is 5.97. The minimum Gasteiger partial charge on any atom is -0.324 e. The summed E-state index contributed by atoms with van der Waals surface area (Å²) in [6, 6.07) is 17.1. The summed E-state index contributed by atoms with van der Waals surface area (Å²) in [6.07, 6.45) is 0.342. The van der Waals surface area contributed by atoms with Gasteiger partial charge in [-0.3, -0.25) is 4.79 Å². The van der Waals surface area contributed by atoms with E-state index in [1.165, 1.54) is 0 Å². The maximum Gasteiger partial charge on any atom is 0.165 e. The molecule has 92 valence electrons. The fourth-order valence-corrected chi connectivity index (χ4v) is 2.01. The fraction of sp³-hybridized carbons (Fsp3) is 0.188. The van der Waals surface area contributed by atoms with Crippen molar-refractivity contribution in [3.8, 4) is 0 Å². The molecule has 0 fully saturated rings. The van der Waals surface area contributed by atoms with Crippen LogP contribution >= 0.6 is 0 Å². The number of benzene rings is 2. The van der Waals surface area contributed by atoms with Gasteiger partial charge in [-0.2, -0.15) is 0 Å². The highest BCUT2D eigenvalue weighted by Crippen LogP contribution is 2.18. The monoisotopic (exact) mass is 239 g/mol. The summed E-state index contributed by atoms with van der Waals surface area (Å²) in [5.74, 6) is 0.101. The molecule has 0 aliphatic carbocycles. The lowest BCUT2D eigenvalue weighted by molar-refractivity contribution is 0.0973. The average Bonchev–Trinajstić information content (AvgIpc) is 2.40. The molecule has 1 atom stereocenters. The lowest BCUT2D eigenvalue weighted by atomic mass is 9.96. The number of aryl methyl sites for hydroxylation is 1. The Morgan fingerprint density at radius 3 is 2.33 bits per heavy atom. The number of carbonyl (C=O) groups is 1. The molecule has 2 heteroatoms. The smallest absolute Gasteiger partial charge is 0.165 e. The van der Waals surface area contributed by atoms with Crippen LogP contribution in [0.3, 0.4) is 0 Å². The van der Waals surface area contributed by atoms with Crippen molar-refractivity contribution in [3.05, 3.63) is 71.3 Å². The van der Waals surface area contributed by atoms with Crippen LogP contribution in [-0.2, 0) is 0 Å². The van der Waals surface area contributed by atoms with Crippen LogP contribution in [0.2, 0.25) is 0 Å². The number of rotatable bonds is 4. The summed E-state index contributed by atoms with van der Waals surface area (Å²) < 4.78 is 0. The van der Waals surface area contributed by atoms with Crippen molar-refractivity contribution >= 4 is 5.78 Å². The Morgan fingerprint density at radius 2 is 1.67 bits per heavy atom. The van der Waals surface area contributed by atoms with Crippen LogP contribution in [0.15, 0.2) is 54.6 Å². The largest absolute Gasteiger partial charge is 0.324 e.